The van der Waals surface area contributed by atoms with Gasteiger partial charge in [-0.05, 0) is 17.6 Å². The van der Waals surface area contributed by atoms with Gasteiger partial charge in [-0.2, -0.15) is 0 Å². The minimum absolute atomic E-state index is 0.203. The smallest absolute Gasteiger partial charge is 0.480 e. The molecule has 0 saturated heterocycles. The summed E-state index contributed by atoms with van der Waals surface area (Å²) in [4.78, 5) is 10.2. The first-order valence-electron chi connectivity index (χ1n) is 4.01. The van der Waals surface area contributed by atoms with E-state index in [4.69, 9.17) is 15.2 Å². The van der Waals surface area contributed by atoms with Gasteiger partial charge in [-0.25, -0.2) is 0 Å². The van der Waals surface area contributed by atoms with Crippen molar-refractivity contribution in [2.75, 3.05) is 11.9 Å². The van der Waals surface area contributed by atoms with Crippen molar-refractivity contribution in [3.63, 3.8) is 0 Å². The summed E-state index contributed by atoms with van der Waals surface area (Å²) in [5.74, 6) is -0.972. The lowest BCUT2D eigenvalue weighted by atomic mass is 9.80. The van der Waals surface area contributed by atoms with Crippen LogP contribution >= 0.6 is 0 Å². The highest BCUT2D eigenvalue weighted by molar-refractivity contribution is 6.58. The van der Waals surface area contributed by atoms with Gasteiger partial charge in [0.2, 0.25) is 0 Å². The molecule has 1 aromatic carbocycles. The molecule has 0 saturated carbocycles. The Kier molecular flexibility index (Phi) is 3.50. The second-order valence-corrected chi connectivity index (χ2v) is 2.75. The Labute approximate surface area is 81.1 Å². The topological polar surface area (TPSA) is 89.8 Å². The molecule has 0 aliphatic heterocycles. The monoisotopic (exact) mass is 195 g/mol. The van der Waals surface area contributed by atoms with Crippen LogP contribution in [-0.4, -0.2) is 34.8 Å². The summed E-state index contributed by atoms with van der Waals surface area (Å²) in [5, 5.41) is 28.7. The van der Waals surface area contributed by atoms with Crippen LogP contribution in [-0.2, 0) is 4.79 Å². The highest BCUT2D eigenvalue weighted by Crippen LogP contribution is 2.02. The van der Waals surface area contributed by atoms with Gasteiger partial charge in [0.15, 0.2) is 0 Å². The Hall–Kier alpha value is -1.53. The van der Waals surface area contributed by atoms with Crippen molar-refractivity contribution < 1.29 is 19.9 Å². The van der Waals surface area contributed by atoms with Crippen LogP contribution in [0.5, 0.6) is 0 Å². The second-order valence-electron chi connectivity index (χ2n) is 2.75. The van der Waals surface area contributed by atoms with Gasteiger partial charge < -0.3 is 20.5 Å². The van der Waals surface area contributed by atoms with Crippen LogP contribution in [0.1, 0.15) is 0 Å². The minimum Gasteiger partial charge on any atom is -0.480 e. The molecular formula is C8H10BNO4. The van der Waals surface area contributed by atoms with Gasteiger partial charge in [-0.1, -0.05) is 12.1 Å². The fourth-order valence-corrected chi connectivity index (χ4v) is 0.987. The maximum Gasteiger partial charge on any atom is 0.488 e. The molecule has 0 fully saturated rings. The number of carboxylic acids is 1. The van der Waals surface area contributed by atoms with Gasteiger partial charge >= 0.3 is 13.1 Å². The molecule has 1 rings (SSSR count). The predicted molar refractivity (Wildman–Crippen MR) is 52.4 cm³/mol. The third kappa shape index (κ3) is 3.08. The fraction of sp³-hybridized carbons (Fsp3) is 0.125. The Balaban J connectivity index is 2.68. The summed E-state index contributed by atoms with van der Waals surface area (Å²) < 4.78 is 0. The number of nitrogens with one attached hydrogen (secondary N) is 1. The normalized spacial score (nSPS) is 9.57. The summed E-state index contributed by atoms with van der Waals surface area (Å²) in [6.45, 7) is -0.203. The average molecular weight is 195 g/mol. The van der Waals surface area contributed by atoms with E-state index in [1.165, 1.54) is 12.1 Å². The first-order valence-corrected chi connectivity index (χ1v) is 4.01. The lowest BCUT2D eigenvalue weighted by molar-refractivity contribution is -0.134. The van der Waals surface area contributed by atoms with Crippen LogP contribution in [0.3, 0.4) is 0 Å². The lowest BCUT2D eigenvalue weighted by Gasteiger charge is -2.05. The number of carboxylic acid groups (broad SMARTS) is 1. The van der Waals surface area contributed by atoms with Gasteiger partial charge in [-0.15, -0.1) is 0 Å². The van der Waals surface area contributed by atoms with E-state index in [-0.39, 0.29) is 6.54 Å². The first-order chi connectivity index (χ1) is 6.59. The van der Waals surface area contributed by atoms with Crippen molar-refractivity contribution in [2.45, 2.75) is 0 Å². The number of benzene rings is 1. The Morgan fingerprint density at radius 1 is 1.43 bits per heavy atom. The molecule has 74 valence electrons. The van der Waals surface area contributed by atoms with Gasteiger partial charge in [0.25, 0.3) is 0 Å². The van der Waals surface area contributed by atoms with E-state index in [0.29, 0.717) is 11.2 Å². The average Bonchev–Trinajstić information content (AvgIpc) is 2.15. The Bertz CT molecular complexity index is 329. The van der Waals surface area contributed by atoms with E-state index in [0.717, 1.165) is 0 Å². The van der Waals surface area contributed by atoms with E-state index in [1.54, 1.807) is 12.1 Å². The largest absolute Gasteiger partial charge is 0.488 e. The van der Waals surface area contributed by atoms with Gasteiger partial charge in [0.1, 0.15) is 6.54 Å². The molecule has 4 N–H and O–H groups in total. The Morgan fingerprint density at radius 3 is 2.71 bits per heavy atom. The standard InChI is InChI=1S/C8H10BNO4/c11-8(12)5-10-7-3-1-2-6(4-7)9(13)14/h1-4,10,13-14H,5H2,(H,11,12). The van der Waals surface area contributed by atoms with Crippen molar-refractivity contribution >= 4 is 24.2 Å². The third-order valence-electron chi connectivity index (χ3n) is 1.63. The van der Waals surface area contributed by atoms with E-state index in [1.807, 2.05) is 0 Å². The molecule has 0 atom stereocenters. The zero-order valence-corrected chi connectivity index (χ0v) is 7.34. The van der Waals surface area contributed by atoms with Gasteiger partial charge in [0, 0.05) is 5.69 Å². The number of anilines is 1. The van der Waals surface area contributed by atoms with E-state index >= 15 is 0 Å². The highest BCUT2D eigenvalue weighted by Gasteiger charge is 2.10. The molecule has 0 radical (unpaired) electrons. The molecule has 0 heterocycles. The molecule has 0 unspecified atom stereocenters. The van der Waals surface area contributed by atoms with Crippen molar-refractivity contribution in [3.05, 3.63) is 24.3 Å². The first kappa shape index (κ1) is 10.6. The molecule has 0 spiro atoms. The summed E-state index contributed by atoms with van der Waals surface area (Å²) in [6, 6.07) is 6.28. The molecule has 0 aliphatic carbocycles. The summed E-state index contributed by atoms with van der Waals surface area (Å²) in [5.41, 5.74) is 0.860. The van der Waals surface area contributed by atoms with Crippen LogP contribution in [0.15, 0.2) is 24.3 Å². The minimum atomic E-state index is -1.54. The molecule has 0 bridgehead atoms. The zero-order valence-electron chi connectivity index (χ0n) is 7.34. The number of rotatable bonds is 4. The van der Waals surface area contributed by atoms with Gasteiger partial charge in [0.05, 0.1) is 0 Å². The SMILES string of the molecule is O=C(O)CNc1cccc(B(O)O)c1. The molecule has 1 aromatic rings. The maximum atomic E-state index is 10.2. The number of carbonyl (C=O) groups is 1. The Morgan fingerprint density at radius 2 is 2.14 bits per heavy atom. The lowest BCUT2D eigenvalue weighted by Crippen LogP contribution is -2.29. The predicted octanol–water partition coefficient (Wildman–Crippen LogP) is -1.14. The molecule has 5 nitrogen and oxygen atoms in total. The molecule has 0 amide bonds. The van der Waals surface area contributed by atoms with E-state index in [9.17, 15) is 4.79 Å². The van der Waals surface area contributed by atoms with Crippen LogP contribution in [0.2, 0.25) is 0 Å². The summed E-state index contributed by atoms with van der Waals surface area (Å²) >= 11 is 0. The van der Waals surface area contributed by atoms with Crippen molar-refractivity contribution in [3.8, 4) is 0 Å². The van der Waals surface area contributed by atoms with Crippen LogP contribution < -0.4 is 10.8 Å². The van der Waals surface area contributed by atoms with Crippen LogP contribution in [0.4, 0.5) is 5.69 Å². The van der Waals surface area contributed by atoms with Crippen molar-refractivity contribution in [1.29, 1.82) is 0 Å². The number of hydrogen-bond donors (Lipinski definition) is 4. The molecule has 14 heavy (non-hydrogen) atoms. The van der Waals surface area contributed by atoms with Crippen molar-refractivity contribution in [1.82, 2.24) is 0 Å². The van der Waals surface area contributed by atoms with Crippen molar-refractivity contribution in [2.24, 2.45) is 0 Å². The highest BCUT2D eigenvalue weighted by atomic mass is 16.4. The third-order valence-corrected chi connectivity index (χ3v) is 1.63. The summed E-state index contributed by atoms with van der Waals surface area (Å²) in [7, 11) is -1.54. The zero-order chi connectivity index (χ0) is 10.6. The van der Waals surface area contributed by atoms with Crippen LogP contribution in [0.25, 0.3) is 0 Å². The van der Waals surface area contributed by atoms with E-state index in [2.05, 4.69) is 5.32 Å². The number of aliphatic carboxylic acids is 1. The van der Waals surface area contributed by atoms with Crippen LogP contribution in [0, 0.1) is 0 Å². The molecular weight excluding hydrogens is 185 g/mol. The number of hydrogen-bond acceptors (Lipinski definition) is 4. The van der Waals surface area contributed by atoms with Gasteiger partial charge in [-0.3, -0.25) is 4.79 Å². The fourth-order valence-electron chi connectivity index (χ4n) is 0.987. The molecule has 6 heteroatoms. The maximum absolute atomic E-state index is 10.2. The van der Waals surface area contributed by atoms with E-state index < -0.39 is 13.1 Å². The second kappa shape index (κ2) is 4.64. The molecule has 0 aliphatic rings. The molecule has 0 aromatic heterocycles. The summed E-state index contributed by atoms with van der Waals surface area (Å²) in [6.07, 6.45) is 0. The quantitative estimate of drug-likeness (QED) is 0.456.